The zero-order chi connectivity index (χ0) is 34.3. The average molecular weight is 658 g/mol. The molecule has 0 N–H and O–H groups in total. The van der Waals surface area contributed by atoms with E-state index in [-0.39, 0.29) is 6.04 Å². The van der Waals surface area contributed by atoms with Crippen molar-refractivity contribution < 1.29 is 4.42 Å². The Morgan fingerprint density at radius 2 is 1.20 bits per heavy atom. The Bertz CT molecular complexity index is 2720. The third-order valence-corrected chi connectivity index (χ3v) is 9.81. The molecule has 51 heavy (non-hydrogen) atoms. The van der Waals surface area contributed by atoms with Gasteiger partial charge in [0.25, 0.3) is 0 Å². The summed E-state index contributed by atoms with van der Waals surface area (Å²) in [6, 6.07) is 59.1. The van der Waals surface area contributed by atoms with Crippen LogP contribution in [0, 0.1) is 0 Å². The quantitative estimate of drug-likeness (QED) is 0.130. The topological polar surface area (TPSA) is 42.8 Å². The van der Waals surface area contributed by atoms with Crippen molar-refractivity contribution >= 4 is 55.3 Å². The first-order valence-corrected chi connectivity index (χ1v) is 17.4. The maximum absolute atomic E-state index is 6.75. The fourth-order valence-corrected chi connectivity index (χ4v) is 7.33. The van der Waals surface area contributed by atoms with E-state index in [4.69, 9.17) is 14.4 Å². The molecular weight excluding hydrogens is 623 g/mol. The number of amidine groups is 1. The maximum atomic E-state index is 6.75. The fraction of sp³-hybridized carbons (Fsp3) is 0.0638. The summed E-state index contributed by atoms with van der Waals surface area (Å²) in [4.78, 5) is 10.5. The molecule has 244 valence electrons. The summed E-state index contributed by atoms with van der Waals surface area (Å²) in [7, 11) is 0. The highest BCUT2D eigenvalue weighted by molar-refractivity contribution is 6.22. The van der Waals surface area contributed by atoms with Gasteiger partial charge in [-0.15, -0.1) is 0 Å². The van der Waals surface area contributed by atoms with Crippen LogP contribution >= 0.6 is 0 Å². The second-order valence-corrected chi connectivity index (χ2v) is 13.0. The molecule has 7 aromatic carbocycles. The minimum atomic E-state index is -0.111. The van der Waals surface area contributed by atoms with E-state index >= 15 is 0 Å². The summed E-state index contributed by atoms with van der Waals surface area (Å²) in [5.74, 6) is 0.696. The molecule has 0 saturated carbocycles. The Labute approximate surface area is 296 Å². The molecule has 9 rings (SSSR count). The van der Waals surface area contributed by atoms with Gasteiger partial charge in [-0.1, -0.05) is 140 Å². The van der Waals surface area contributed by atoms with Crippen LogP contribution in [-0.4, -0.2) is 16.1 Å². The lowest BCUT2D eigenvalue weighted by Crippen LogP contribution is -2.06. The van der Waals surface area contributed by atoms with E-state index in [1.165, 1.54) is 21.9 Å². The predicted molar refractivity (Wildman–Crippen MR) is 214 cm³/mol. The third-order valence-electron chi connectivity index (χ3n) is 9.81. The van der Waals surface area contributed by atoms with Crippen molar-refractivity contribution in [2.24, 2.45) is 9.98 Å². The van der Waals surface area contributed by atoms with E-state index in [2.05, 4.69) is 164 Å². The normalized spacial score (nSPS) is 13.1. The van der Waals surface area contributed by atoms with Crippen LogP contribution in [0.4, 0.5) is 0 Å². The van der Waals surface area contributed by atoms with Crippen LogP contribution in [0.5, 0.6) is 0 Å². The molecule has 0 bridgehead atoms. The standard InChI is InChI=1S/C47H35N3O/c1-31(35-20-13-21-36(30-35)33-16-5-3-6-17-33)48-47(34-18-7-4-8-19-34)49-32(2)37-24-15-29-44-45(37)40-25-14-28-43(46(40)51-44)50-41-26-11-9-22-38(41)39-23-10-12-27-42(39)50/h3-31H,1-2H3/t31-/m0/s1. The van der Waals surface area contributed by atoms with Gasteiger partial charge in [-0.05, 0) is 60.9 Å². The fourth-order valence-electron chi connectivity index (χ4n) is 7.33. The van der Waals surface area contributed by atoms with Gasteiger partial charge in [0.05, 0.1) is 22.8 Å². The molecule has 0 saturated heterocycles. The molecule has 0 aliphatic carbocycles. The Hall–Kier alpha value is -6.52. The van der Waals surface area contributed by atoms with Gasteiger partial charge in [-0.2, -0.15) is 0 Å². The first-order valence-electron chi connectivity index (χ1n) is 17.4. The molecule has 4 nitrogen and oxygen atoms in total. The number of hydrogen-bond acceptors (Lipinski definition) is 2. The molecule has 0 aliphatic heterocycles. The van der Waals surface area contributed by atoms with E-state index in [1.54, 1.807) is 0 Å². The zero-order valence-corrected chi connectivity index (χ0v) is 28.5. The molecule has 2 aromatic heterocycles. The highest BCUT2D eigenvalue weighted by Crippen LogP contribution is 2.39. The van der Waals surface area contributed by atoms with E-state index in [1.807, 2.05) is 24.3 Å². The van der Waals surface area contributed by atoms with Crippen LogP contribution in [0.25, 0.3) is 60.6 Å². The molecule has 0 radical (unpaired) electrons. The van der Waals surface area contributed by atoms with Crippen LogP contribution in [-0.2, 0) is 0 Å². The first-order chi connectivity index (χ1) is 25.1. The average Bonchev–Trinajstić information content (AvgIpc) is 3.74. The van der Waals surface area contributed by atoms with Crippen molar-refractivity contribution in [2.45, 2.75) is 19.9 Å². The largest absolute Gasteiger partial charge is 0.454 e. The molecule has 0 spiro atoms. The van der Waals surface area contributed by atoms with E-state index in [0.29, 0.717) is 5.84 Å². The van der Waals surface area contributed by atoms with Gasteiger partial charge in [0, 0.05) is 38.4 Å². The van der Waals surface area contributed by atoms with Gasteiger partial charge in [-0.3, -0.25) is 4.99 Å². The molecule has 1 atom stereocenters. The maximum Gasteiger partial charge on any atom is 0.159 e. The SMILES string of the molecule is CC(=NC(=N[C@@H](C)c1cccc(-c2ccccc2)c1)c1ccccc1)c1cccc2oc3c(-n4c5ccccc5c5ccccc54)cccc3c12. The molecule has 0 fully saturated rings. The van der Waals surface area contributed by atoms with Gasteiger partial charge in [0.2, 0.25) is 0 Å². The lowest BCUT2D eigenvalue weighted by molar-refractivity contribution is 0.666. The van der Waals surface area contributed by atoms with Crippen molar-refractivity contribution in [3.63, 3.8) is 0 Å². The number of rotatable bonds is 6. The summed E-state index contributed by atoms with van der Waals surface area (Å²) < 4.78 is 9.07. The van der Waals surface area contributed by atoms with Crippen molar-refractivity contribution in [1.82, 2.24) is 4.57 Å². The molecule has 0 unspecified atom stereocenters. The highest BCUT2D eigenvalue weighted by Gasteiger charge is 2.20. The lowest BCUT2D eigenvalue weighted by atomic mass is 10.0. The predicted octanol–water partition coefficient (Wildman–Crippen LogP) is 12.4. The minimum absolute atomic E-state index is 0.111. The molecule has 4 heteroatoms. The monoisotopic (exact) mass is 657 g/mol. The summed E-state index contributed by atoms with van der Waals surface area (Å²) >= 11 is 0. The van der Waals surface area contributed by atoms with Gasteiger partial charge in [0.15, 0.2) is 11.4 Å². The van der Waals surface area contributed by atoms with Crippen molar-refractivity contribution in [2.75, 3.05) is 0 Å². The van der Waals surface area contributed by atoms with Crippen molar-refractivity contribution in [3.8, 4) is 16.8 Å². The number of fused-ring (bicyclic) bond motifs is 6. The van der Waals surface area contributed by atoms with E-state index < -0.39 is 0 Å². The number of aromatic nitrogens is 1. The summed E-state index contributed by atoms with van der Waals surface area (Å²) in [6.07, 6.45) is 0. The smallest absolute Gasteiger partial charge is 0.159 e. The summed E-state index contributed by atoms with van der Waals surface area (Å²) in [5.41, 5.74) is 11.4. The van der Waals surface area contributed by atoms with Crippen LogP contribution < -0.4 is 0 Å². The second-order valence-electron chi connectivity index (χ2n) is 13.0. The molecule has 0 aliphatic rings. The third kappa shape index (κ3) is 5.42. The van der Waals surface area contributed by atoms with Gasteiger partial charge >= 0.3 is 0 Å². The first kappa shape index (κ1) is 30.5. The van der Waals surface area contributed by atoms with Crippen LogP contribution in [0.15, 0.2) is 184 Å². The number of aliphatic imine (C=N–C) groups is 2. The Balaban J connectivity index is 1.18. The zero-order valence-electron chi connectivity index (χ0n) is 28.5. The minimum Gasteiger partial charge on any atom is -0.454 e. The van der Waals surface area contributed by atoms with Crippen molar-refractivity contribution in [3.05, 3.63) is 187 Å². The summed E-state index contributed by atoms with van der Waals surface area (Å²) in [5, 5.41) is 4.54. The van der Waals surface area contributed by atoms with Gasteiger partial charge in [-0.25, -0.2) is 4.99 Å². The Morgan fingerprint density at radius 1 is 0.588 bits per heavy atom. The van der Waals surface area contributed by atoms with Crippen LogP contribution in [0.2, 0.25) is 0 Å². The Kier molecular flexibility index (Phi) is 7.63. The van der Waals surface area contributed by atoms with E-state index in [9.17, 15) is 0 Å². The van der Waals surface area contributed by atoms with Gasteiger partial charge < -0.3 is 8.98 Å². The number of benzene rings is 7. The lowest BCUT2D eigenvalue weighted by Gasteiger charge is -2.12. The van der Waals surface area contributed by atoms with Gasteiger partial charge in [0.1, 0.15) is 5.58 Å². The molecule has 0 amide bonds. The Morgan fingerprint density at radius 3 is 1.94 bits per heavy atom. The molecule has 2 heterocycles. The number of nitrogens with zero attached hydrogens (tertiary/aromatic N) is 3. The second kappa shape index (κ2) is 12.7. The summed E-state index contributed by atoms with van der Waals surface area (Å²) in [6.45, 7) is 4.21. The van der Waals surface area contributed by atoms with E-state index in [0.717, 1.165) is 61.1 Å². The molecule has 9 aromatic rings. The van der Waals surface area contributed by atoms with Crippen molar-refractivity contribution in [1.29, 1.82) is 0 Å². The number of para-hydroxylation sites is 3. The number of furan rings is 1. The van der Waals surface area contributed by atoms with Crippen LogP contribution in [0.3, 0.4) is 0 Å². The highest BCUT2D eigenvalue weighted by atomic mass is 16.3. The molecular formula is C47H35N3O. The van der Waals surface area contributed by atoms with Crippen LogP contribution in [0.1, 0.15) is 36.6 Å². The number of hydrogen-bond donors (Lipinski definition) is 0.